The molecule has 4 saturated heterocycles. The van der Waals surface area contributed by atoms with Crippen LogP contribution in [0.1, 0.15) is 27.7 Å². The maximum Gasteiger partial charge on any atom is 0.190 e. The van der Waals surface area contributed by atoms with Gasteiger partial charge < -0.3 is 61.6 Å². The van der Waals surface area contributed by atoms with Crippen LogP contribution in [0, 0.1) is 0 Å². The quantitative estimate of drug-likeness (QED) is 0.277. The average molecular weight is 567 g/mol. The van der Waals surface area contributed by atoms with Crippen LogP contribution in [0.3, 0.4) is 0 Å². The van der Waals surface area contributed by atoms with E-state index in [1.54, 1.807) is 28.4 Å². The molecule has 0 spiro atoms. The Bertz CT molecular complexity index is 751. The van der Waals surface area contributed by atoms with Gasteiger partial charge in [0, 0.05) is 28.4 Å². The summed E-state index contributed by atoms with van der Waals surface area (Å²) in [6.07, 6.45) is -3.98. The van der Waals surface area contributed by atoms with Crippen molar-refractivity contribution in [3.63, 3.8) is 0 Å². The maximum absolute atomic E-state index is 6.15. The minimum atomic E-state index is -0.751. The highest BCUT2D eigenvalue weighted by Crippen LogP contribution is 2.44. The maximum atomic E-state index is 6.15. The number of hydrogen-bond acceptors (Lipinski definition) is 13. The second kappa shape index (κ2) is 13.6. The fourth-order valence-corrected chi connectivity index (χ4v) is 5.57. The topological polar surface area (TPSA) is 120 Å². The van der Waals surface area contributed by atoms with Crippen LogP contribution in [0.5, 0.6) is 0 Å². The van der Waals surface area contributed by atoms with Crippen molar-refractivity contribution in [3.8, 4) is 0 Å². The lowest BCUT2D eigenvalue weighted by molar-refractivity contribution is -0.308. The Morgan fingerprint density at radius 2 is 1.05 bits per heavy atom. The standard InChI is InChI=1S/C26H46O13/c1-25(2)36-18-16(35-24-22(20(18)37-25)38-26(3,4)39-24)14-33-12-10-31-9-11-32-13-15-17(27-5)19(28-6)21(29-7)23(30-8)34-15/h15-24H,9-14H2,1-8H3/t15-,16-,17-,18+,19+,20+,21-,22-,23-,24-/m1/s1. The van der Waals surface area contributed by atoms with Crippen molar-refractivity contribution in [2.24, 2.45) is 0 Å². The van der Waals surface area contributed by atoms with Crippen molar-refractivity contribution < 1.29 is 61.6 Å². The van der Waals surface area contributed by atoms with Gasteiger partial charge in [-0.25, -0.2) is 0 Å². The zero-order chi connectivity index (χ0) is 28.2. The molecule has 0 aromatic carbocycles. The Hall–Kier alpha value is -0.520. The third-order valence-electron chi connectivity index (χ3n) is 7.20. The third kappa shape index (κ3) is 7.47. The molecule has 13 nitrogen and oxygen atoms in total. The molecular formula is C26H46O13. The van der Waals surface area contributed by atoms with Crippen LogP contribution in [0.25, 0.3) is 0 Å². The van der Waals surface area contributed by atoms with Crippen LogP contribution in [-0.4, -0.2) is 141 Å². The molecule has 0 aromatic rings. The van der Waals surface area contributed by atoms with Crippen molar-refractivity contribution in [3.05, 3.63) is 0 Å². The van der Waals surface area contributed by atoms with Crippen LogP contribution in [-0.2, 0) is 61.6 Å². The molecule has 0 aromatic heterocycles. The number of hydrogen-bond donors (Lipinski definition) is 0. The van der Waals surface area contributed by atoms with Gasteiger partial charge in [-0.05, 0) is 27.7 Å². The first-order chi connectivity index (χ1) is 18.6. The Labute approximate surface area is 230 Å². The van der Waals surface area contributed by atoms with Gasteiger partial charge in [0.05, 0.1) is 39.6 Å². The second-order valence-corrected chi connectivity index (χ2v) is 10.8. The summed E-state index contributed by atoms with van der Waals surface area (Å²) >= 11 is 0. The molecule has 10 atom stereocenters. The lowest BCUT2D eigenvalue weighted by atomic mass is 9.98. The SMILES string of the molecule is CO[C@@H]1O[C@H](COCCOCCOC[C@H]2O[C@@H]3OC(C)(C)O[C@@H]3[C@H]3OC(C)(C)O[C@H]32)[C@@H](OC)[C@H](OC)[C@H]1OC. The molecule has 4 aliphatic rings. The van der Waals surface area contributed by atoms with Crippen LogP contribution >= 0.6 is 0 Å². The van der Waals surface area contributed by atoms with Crippen LogP contribution < -0.4 is 0 Å². The molecule has 0 saturated carbocycles. The molecule has 39 heavy (non-hydrogen) atoms. The molecule has 4 fully saturated rings. The first kappa shape index (κ1) is 31.4. The molecule has 0 aliphatic carbocycles. The number of fused-ring (bicyclic) bond motifs is 3. The van der Waals surface area contributed by atoms with E-state index in [0.29, 0.717) is 39.6 Å². The normalized spacial score (nSPS) is 40.9. The van der Waals surface area contributed by atoms with E-state index < -0.39 is 30.3 Å². The molecule has 0 amide bonds. The minimum Gasteiger partial charge on any atom is -0.377 e. The highest BCUT2D eigenvalue weighted by Gasteiger charge is 2.60. The van der Waals surface area contributed by atoms with Crippen LogP contribution in [0.2, 0.25) is 0 Å². The van der Waals surface area contributed by atoms with Crippen molar-refractivity contribution in [2.45, 2.75) is 101 Å². The summed E-state index contributed by atoms with van der Waals surface area (Å²) < 4.78 is 75.8. The third-order valence-corrected chi connectivity index (χ3v) is 7.20. The Kier molecular flexibility index (Phi) is 11.0. The van der Waals surface area contributed by atoms with Gasteiger partial charge in [0.15, 0.2) is 24.2 Å². The van der Waals surface area contributed by atoms with E-state index in [1.165, 1.54) is 0 Å². The van der Waals surface area contributed by atoms with Crippen molar-refractivity contribution in [1.82, 2.24) is 0 Å². The van der Waals surface area contributed by atoms with Crippen LogP contribution in [0.15, 0.2) is 0 Å². The van der Waals surface area contributed by atoms with Gasteiger partial charge in [-0.2, -0.15) is 0 Å². The number of ether oxygens (including phenoxy) is 13. The van der Waals surface area contributed by atoms with Gasteiger partial charge in [-0.15, -0.1) is 0 Å². The zero-order valence-corrected chi connectivity index (χ0v) is 24.3. The van der Waals surface area contributed by atoms with E-state index >= 15 is 0 Å². The molecule has 0 N–H and O–H groups in total. The average Bonchev–Trinajstić information content (AvgIpc) is 3.40. The van der Waals surface area contributed by atoms with Gasteiger partial charge in [0.2, 0.25) is 0 Å². The van der Waals surface area contributed by atoms with E-state index in [0.717, 1.165) is 0 Å². The predicted molar refractivity (Wildman–Crippen MR) is 133 cm³/mol. The molecule has 0 radical (unpaired) electrons. The van der Waals surface area contributed by atoms with Gasteiger partial charge in [0.25, 0.3) is 0 Å². The van der Waals surface area contributed by atoms with E-state index in [1.807, 2.05) is 27.7 Å². The molecule has 4 rings (SSSR count). The summed E-state index contributed by atoms with van der Waals surface area (Å²) in [5.74, 6) is -1.49. The van der Waals surface area contributed by atoms with Crippen molar-refractivity contribution in [2.75, 3.05) is 68.1 Å². The fraction of sp³-hybridized carbons (Fsp3) is 1.00. The van der Waals surface area contributed by atoms with Gasteiger partial charge in [-0.3, -0.25) is 0 Å². The first-order valence-corrected chi connectivity index (χ1v) is 13.5. The molecule has 0 bridgehead atoms. The predicted octanol–water partition coefficient (Wildman–Crippen LogP) is 0.849. The Balaban J connectivity index is 1.13. The molecule has 0 unspecified atom stereocenters. The van der Waals surface area contributed by atoms with E-state index in [9.17, 15) is 0 Å². The lowest BCUT2D eigenvalue weighted by Gasteiger charge is -2.44. The second-order valence-electron chi connectivity index (χ2n) is 10.8. The van der Waals surface area contributed by atoms with Gasteiger partial charge >= 0.3 is 0 Å². The highest BCUT2D eigenvalue weighted by molar-refractivity contribution is 5.00. The largest absolute Gasteiger partial charge is 0.377 e. The summed E-state index contributed by atoms with van der Waals surface area (Å²) in [6.45, 7) is 9.66. The van der Waals surface area contributed by atoms with Crippen molar-refractivity contribution >= 4 is 0 Å². The smallest absolute Gasteiger partial charge is 0.190 e. The summed E-state index contributed by atoms with van der Waals surface area (Å²) in [5.41, 5.74) is 0. The Morgan fingerprint density at radius 1 is 0.513 bits per heavy atom. The van der Waals surface area contributed by atoms with E-state index in [-0.39, 0.29) is 42.7 Å². The minimum absolute atomic E-state index is 0.291. The van der Waals surface area contributed by atoms with Crippen molar-refractivity contribution in [1.29, 1.82) is 0 Å². The van der Waals surface area contributed by atoms with E-state index in [4.69, 9.17) is 61.6 Å². The van der Waals surface area contributed by atoms with Gasteiger partial charge in [-0.1, -0.05) is 0 Å². The molecule has 228 valence electrons. The zero-order valence-electron chi connectivity index (χ0n) is 24.3. The number of rotatable bonds is 14. The molecule has 13 heteroatoms. The molecular weight excluding hydrogens is 520 g/mol. The lowest BCUT2D eigenvalue weighted by Crippen LogP contribution is -2.61. The summed E-state index contributed by atoms with van der Waals surface area (Å²) in [5, 5.41) is 0. The number of methoxy groups -OCH3 is 4. The Morgan fingerprint density at radius 3 is 1.67 bits per heavy atom. The fourth-order valence-electron chi connectivity index (χ4n) is 5.57. The van der Waals surface area contributed by atoms with Crippen LogP contribution in [0.4, 0.5) is 0 Å². The highest BCUT2D eigenvalue weighted by atomic mass is 16.9. The summed E-state index contributed by atoms with van der Waals surface area (Å²) in [4.78, 5) is 0. The molecule has 4 heterocycles. The summed E-state index contributed by atoms with van der Waals surface area (Å²) in [6, 6.07) is 0. The monoisotopic (exact) mass is 566 g/mol. The first-order valence-electron chi connectivity index (χ1n) is 13.5. The van der Waals surface area contributed by atoms with E-state index in [2.05, 4.69) is 0 Å². The molecule has 4 aliphatic heterocycles. The summed E-state index contributed by atoms with van der Waals surface area (Å²) in [7, 11) is 6.36. The van der Waals surface area contributed by atoms with Gasteiger partial charge in [0.1, 0.15) is 48.8 Å².